The molecule has 58 heavy (non-hydrogen) atoms. The van der Waals surface area contributed by atoms with Gasteiger partial charge in [-0.05, 0) is 44.9 Å². The van der Waals surface area contributed by atoms with Crippen LogP contribution in [0, 0.1) is 0 Å². The highest BCUT2D eigenvalue weighted by atomic mass is 16.6. The van der Waals surface area contributed by atoms with E-state index >= 15 is 0 Å². The van der Waals surface area contributed by atoms with Crippen molar-refractivity contribution in [2.24, 2.45) is 0 Å². The molecular weight excluding hydrogens is 727 g/mol. The van der Waals surface area contributed by atoms with Gasteiger partial charge in [0.05, 0.1) is 40.3 Å². The number of allylic oxidation sites excluding steroid dienone is 10. The first kappa shape index (κ1) is 55.0. The van der Waals surface area contributed by atoms with Crippen LogP contribution in [0.1, 0.15) is 187 Å². The zero-order chi connectivity index (χ0) is 42.8. The fraction of sp³-hybridized carbons (Fsp3) is 0.740. The molecule has 0 fully saturated rings. The van der Waals surface area contributed by atoms with Gasteiger partial charge in [0.1, 0.15) is 12.6 Å². The van der Waals surface area contributed by atoms with Gasteiger partial charge in [-0.2, -0.15) is 0 Å². The number of carbonyl (C=O) groups excluding carboxylic acids is 3. The Bertz CT molecular complexity index is 1130. The number of likely N-dealkylation sites (N-methyl/N-ethyl adjacent to an activating group) is 1. The van der Waals surface area contributed by atoms with Gasteiger partial charge < -0.3 is 28.6 Å². The molecule has 0 saturated carbocycles. The molecule has 0 heterocycles. The second kappa shape index (κ2) is 40.8. The van der Waals surface area contributed by atoms with Crippen LogP contribution in [0.2, 0.25) is 0 Å². The van der Waals surface area contributed by atoms with Crippen molar-refractivity contribution in [3.8, 4) is 0 Å². The number of carboxylic acid groups (broad SMARTS) is 1. The molecule has 334 valence electrons. The van der Waals surface area contributed by atoms with Crippen LogP contribution >= 0.6 is 0 Å². The molecule has 0 aliphatic carbocycles. The molecule has 0 aromatic rings. The predicted octanol–water partition coefficient (Wildman–Crippen LogP) is 11.6. The van der Waals surface area contributed by atoms with Gasteiger partial charge in [-0.3, -0.25) is 9.59 Å². The van der Waals surface area contributed by atoms with Crippen LogP contribution in [0.25, 0.3) is 0 Å². The zero-order valence-corrected chi connectivity index (χ0v) is 37.9. The molecule has 0 aliphatic rings. The van der Waals surface area contributed by atoms with Gasteiger partial charge in [0.2, 0.25) is 0 Å². The molecule has 0 aromatic carbocycles. The highest BCUT2D eigenvalue weighted by Gasteiger charge is 2.25. The molecule has 2 unspecified atom stereocenters. The number of carbonyl (C=O) groups is 3. The van der Waals surface area contributed by atoms with E-state index in [2.05, 4.69) is 62.5 Å². The number of hydrogen-bond acceptors (Lipinski definition) is 7. The lowest BCUT2D eigenvalue weighted by molar-refractivity contribution is -0.889. The van der Waals surface area contributed by atoms with Crippen molar-refractivity contribution in [2.75, 3.05) is 41.0 Å². The van der Waals surface area contributed by atoms with Gasteiger partial charge in [0.25, 0.3) is 0 Å². The van der Waals surface area contributed by atoms with Gasteiger partial charge in [-0.25, -0.2) is 0 Å². The number of unbranched alkanes of at least 4 members (excludes halogenated alkanes) is 17. The highest BCUT2D eigenvalue weighted by Crippen LogP contribution is 2.15. The standard InChI is InChI=1S/C50H87NO7/c1-6-8-10-12-14-16-18-20-22-24-25-27-28-30-32-34-36-38-40-48(52)57-45-46(44-56-43-42-47(50(54)55)51(3,4)5)58-49(53)41-39-37-35-33-31-29-26-23-21-19-17-15-13-11-9-7-2/h9,11,15,17,21,23,29,31,35,37,46-47H,6-8,10,12-14,16,18-20,22,24-28,30,32-34,36,38-45H2,1-5H3/b11-9+,17-15+,23-21+,31-29+,37-35+. The second-order valence-corrected chi connectivity index (χ2v) is 16.6. The fourth-order valence-corrected chi connectivity index (χ4v) is 6.59. The molecule has 2 atom stereocenters. The molecule has 8 nitrogen and oxygen atoms in total. The average Bonchev–Trinajstić information content (AvgIpc) is 3.18. The van der Waals surface area contributed by atoms with E-state index in [-0.39, 0.29) is 43.1 Å². The summed E-state index contributed by atoms with van der Waals surface area (Å²) in [6.07, 6.45) is 49.8. The Balaban J connectivity index is 4.39. The van der Waals surface area contributed by atoms with E-state index in [9.17, 15) is 19.5 Å². The van der Waals surface area contributed by atoms with E-state index in [1.165, 1.54) is 96.3 Å². The normalized spacial score (nSPS) is 13.5. The topological polar surface area (TPSA) is 102 Å². The maximum atomic E-state index is 12.7. The Morgan fingerprint density at radius 1 is 0.534 bits per heavy atom. The highest BCUT2D eigenvalue weighted by molar-refractivity contribution is 5.70. The van der Waals surface area contributed by atoms with E-state index in [1.807, 2.05) is 12.2 Å². The molecule has 0 amide bonds. The van der Waals surface area contributed by atoms with E-state index in [1.54, 1.807) is 21.1 Å². The number of rotatable bonds is 41. The van der Waals surface area contributed by atoms with Crippen LogP contribution in [-0.2, 0) is 28.6 Å². The Kier molecular flexibility index (Phi) is 38.7. The first-order chi connectivity index (χ1) is 28.1. The largest absolute Gasteiger partial charge is 0.544 e. The molecule has 0 aliphatic heterocycles. The number of esters is 2. The summed E-state index contributed by atoms with van der Waals surface area (Å²) in [6.45, 7) is 4.48. The van der Waals surface area contributed by atoms with E-state index in [4.69, 9.17) is 14.2 Å². The van der Waals surface area contributed by atoms with Crippen LogP contribution in [0.5, 0.6) is 0 Å². The van der Waals surface area contributed by atoms with Gasteiger partial charge in [-0.15, -0.1) is 0 Å². The van der Waals surface area contributed by atoms with Gasteiger partial charge in [0, 0.05) is 19.3 Å². The minimum absolute atomic E-state index is 0.0107. The van der Waals surface area contributed by atoms with Gasteiger partial charge >= 0.3 is 11.9 Å². The predicted molar refractivity (Wildman–Crippen MR) is 240 cm³/mol. The lowest BCUT2D eigenvalue weighted by Crippen LogP contribution is -2.55. The lowest BCUT2D eigenvalue weighted by Gasteiger charge is -2.34. The molecule has 0 aromatic heterocycles. The molecule has 0 spiro atoms. The van der Waals surface area contributed by atoms with Crippen LogP contribution < -0.4 is 5.11 Å². The third-order valence-electron chi connectivity index (χ3n) is 10.2. The third kappa shape index (κ3) is 38.5. The summed E-state index contributed by atoms with van der Waals surface area (Å²) in [5.41, 5.74) is 0. The summed E-state index contributed by atoms with van der Waals surface area (Å²) in [5, 5.41) is 11.6. The van der Waals surface area contributed by atoms with E-state index in [0.717, 1.165) is 51.4 Å². The number of nitrogens with zero attached hydrogens (tertiary/aromatic N) is 1. The quantitative estimate of drug-likeness (QED) is 0.0262. The molecular formula is C50H87NO7. The van der Waals surface area contributed by atoms with Crippen molar-refractivity contribution in [1.82, 2.24) is 0 Å². The lowest BCUT2D eigenvalue weighted by atomic mass is 10.0. The molecule has 0 N–H and O–H groups in total. The number of carboxylic acids is 1. The van der Waals surface area contributed by atoms with Crippen molar-refractivity contribution >= 4 is 17.9 Å². The van der Waals surface area contributed by atoms with Crippen LogP contribution in [0.4, 0.5) is 0 Å². The monoisotopic (exact) mass is 814 g/mol. The number of quaternary nitrogens is 1. The molecule has 0 rings (SSSR count). The second-order valence-electron chi connectivity index (χ2n) is 16.6. The Hall–Kier alpha value is -2.97. The first-order valence-corrected chi connectivity index (χ1v) is 23.3. The molecule has 0 bridgehead atoms. The van der Waals surface area contributed by atoms with Crippen LogP contribution in [0.15, 0.2) is 60.8 Å². The summed E-state index contributed by atoms with van der Waals surface area (Å²) in [6, 6.07) is -0.739. The number of hydrogen-bond donors (Lipinski definition) is 0. The Labute approximate surface area is 356 Å². The summed E-state index contributed by atoms with van der Waals surface area (Å²) in [7, 11) is 5.38. The molecule has 8 heteroatoms. The third-order valence-corrected chi connectivity index (χ3v) is 10.2. The summed E-state index contributed by atoms with van der Waals surface area (Å²) in [5.74, 6) is -1.84. The van der Waals surface area contributed by atoms with Crippen molar-refractivity contribution in [3.05, 3.63) is 60.8 Å². The van der Waals surface area contributed by atoms with Crippen molar-refractivity contribution < 1.29 is 38.2 Å². The van der Waals surface area contributed by atoms with Crippen LogP contribution in [0.3, 0.4) is 0 Å². The SMILES string of the molecule is CC/C=C/C/C=C/C/C=C/C/C=C/C/C=C/CCC(=O)OC(COCCC(C(=O)[O-])[N+](C)(C)C)COC(=O)CCCCCCCCCCCCCCCCCCCC. The minimum atomic E-state index is -1.14. The van der Waals surface area contributed by atoms with Gasteiger partial charge in [0.15, 0.2) is 6.10 Å². The smallest absolute Gasteiger partial charge is 0.306 e. The summed E-state index contributed by atoms with van der Waals surface area (Å²) >= 11 is 0. The number of aliphatic carboxylic acids is 1. The number of ether oxygens (including phenoxy) is 3. The molecule has 0 saturated heterocycles. The zero-order valence-electron chi connectivity index (χ0n) is 37.9. The summed E-state index contributed by atoms with van der Waals surface area (Å²) < 4.78 is 17.1. The van der Waals surface area contributed by atoms with Crippen molar-refractivity contribution in [3.63, 3.8) is 0 Å². The van der Waals surface area contributed by atoms with Gasteiger partial charge in [-0.1, -0.05) is 184 Å². The first-order valence-electron chi connectivity index (χ1n) is 23.3. The Morgan fingerprint density at radius 2 is 0.966 bits per heavy atom. The van der Waals surface area contributed by atoms with Crippen molar-refractivity contribution in [2.45, 2.75) is 199 Å². The van der Waals surface area contributed by atoms with Crippen LogP contribution in [-0.4, -0.2) is 75.5 Å². The molecule has 0 radical (unpaired) electrons. The average molecular weight is 814 g/mol. The Morgan fingerprint density at radius 3 is 1.40 bits per heavy atom. The fourth-order valence-electron chi connectivity index (χ4n) is 6.59. The van der Waals surface area contributed by atoms with E-state index in [0.29, 0.717) is 12.8 Å². The minimum Gasteiger partial charge on any atom is -0.544 e. The maximum absolute atomic E-state index is 12.7. The van der Waals surface area contributed by atoms with Crippen molar-refractivity contribution in [1.29, 1.82) is 0 Å². The van der Waals surface area contributed by atoms with E-state index < -0.39 is 24.1 Å². The summed E-state index contributed by atoms with van der Waals surface area (Å²) in [4.78, 5) is 36.9. The maximum Gasteiger partial charge on any atom is 0.306 e.